The number of nitro benzene ring substituents is 1. The van der Waals surface area contributed by atoms with E-state index in [-0.39, 0.29) is 5.69 Å². The zero-order chi connectivity index (χ0) is 21.3. The average Bonchev–Trinajstić information content (AvgIpc) is 3.21. The molecule has 0 spiro atoms. The molecule has 4 aromatic rings. The predicted molar refractivity (Wildman–Crippen MR) is 113 cm³/mol. The lowest BCUT2D eigenvalue weighted by atomic mass is 10.0. The van der Waals surface area contributed by atoms with Gasteiger partial charge in [-0.3, -0.25) is 14.7 Å². The van der Waals surface area contributed by atoms with E-state index in [1.807, 2.05) is 34.9 Å². The molecule has 0 unspecified atom stereocenters. The first-order chi connectivity index (χ1) is 14.5. The Morgan fingerprint density at radius 1 is 0.867 bits per heavy atom. The molecule has 0 atom stereocenters. The highest BCUT2D eigenvalue weighted by Crippen LogP contribution is 2.40. The maximum Gasteiger partial charge on any atom is 0.269 e. The Morgan fingerprint density at radius 2 is 1.50 bits per heavy atom. The van der Waals surface area contributed by atoms with Crippen molar-refractivity contribution in [3.8, 4) is 34.1 Å². The van der Waals surface area contributed by atoms with E-state index in [1.165, 1.54) is 12.1 Å². The van der Waals surface area contributed by atoms with Gasteiger partial charge in [0.15, 0.2) is 11.5 Å². The van der Waals surface area contributed by atoms with Gasteiger partial charge in [0.2, 0.25) is 5.75 Å². The summed E-state index contributed by atoms with van der Waals surface area (Å²) in [7, 11) is 4.70. The van der Waals surface area contributed by atoms with Crippen LogP contribution in [0.2, 0.25) is 0 Å². The summed E-state index contributed by atoms with van der Waals surface area (Å²) >= 11 is 0. The zero-order valence-electron chi connectivity index (χ0n) is 16.7. The first kappa shape index (κ1) is 19.3. The van der Waals surface area contributed by atoms with Gasteiger partial charge in [0.05, 0.1) is 43.0 Å². The van der Waals surface area contributed by atoms with Crippen LogP contribution in [-0.4, -0.2) is 35.8 Å². The molecule has 8 nitrogen and oxygen atoms in total. The Balaban J connectivity index is 1.83. The van der Waals surface area contributed by atoms with Crippen LogP contribution in [-0.2, 0) is 0 Å². The number of benzene rings is 3. The average molecular weight is 405 g/mol. The van der Waals surface area contributed by atoms with Crippen molar-refractivity contribution in [2.45, 2.75) is 0 Å². The Bertz CT molecular complexity index is 1210. The molecular weight excluding hydrogens is 386 g/mol. The highest BCUT2D eigenvalue weighted by atomic mass is 16.6. The number of ether oxygens (including phenoxy) is 3. The zero-order valence-corrected chi connectivity index (χ0v) is 16.7. The minimum absolute atomic E-state index is 0.0577. The molecule has 0 saturated carbocycles. The summed E-state index contributed by atoms with van der Waals surface area (Å²) in [5, 5.41) is 10.9. The maximum atomic E-state index is 10.9. The van der Waals surface area contributed by atoms with Gasteiger partial charge in [-0.15, -0.1) is 0 Å². The second-order valence-corrected chi connectivity index (χ2v) is 6.51. The molecule has 0 aliphatic rings. The molecule has 152 valence electrons. The van der Waals surface area contributed by atoms with Gasteiger partial charge in [0, 0.05) is 24.3 Å². The van der Waals surface area contributed by atoms with Crippen LogP contribution in [0.15, 0.2) is 60.9 Å². The molecule has 30 heavy (non-hydrogen) atoms. The molecule has 1 heterocycles. The second-order valence-electron chi connectivity index (χ2n) is 6.51. The van der Waals surface area contributed by atoms with E-state index in [2.05, 4.69) is 4.98 Å². The quantitative estimate of drug-likeness (QED) is 0.343. The van der Waals surface area contributed by atoms with Crippen molar-refractivity contribution in [1.82, 2.24) is 9.55 Å². The van der Waals surface area contributed by atoms with E-state index in [4.69, 9.17) is 14.2 Å². The van der Waals surface area contributed by atoms with Crippen LogP contribution in [0.25, 0.3) is 27.8 Å². The number of non-ortho nitro benzene ring substituents is 1. The van der Waals surface area contributed by atoms with E-state index in [9.17, 15) is 10.1 Å². The van der Waals surface area contributed by atoms with Crippen molar-refractivity contribution in [1.29, 1.82) is 0 Å². The fourth-order valence-corrected chi connectivity index (χ4v) is 3.37. The van der Waals surface area contributed by atoms with Crippen LogP contribution in [0.5, 0.6) is 17.2 Å². The molecule has 0 amide bonds. The van der Waals surface area contributed by atoms with Crippen molar-refractivity contribution >= 4 is 16.7 Å². The van der Waals surface area contributed by atoms with Crippen LogP contribution in [0.4, 0.5) is 5.69 Å². The summed E-state index contributed by atoms with van der Waals surface area (Å²) in [6.45, 7) is 0. The molecule has 4 rings (SSSR count). The Hall–Kier alpha value is -4.07. The standard InChI is InChI=1S/C22H19N3O5/c1-28-20-11-17(12-21(29-2)22(20)30-3)24-13-23-18-9-6-15(10-19(18)24)14-4-7-16(8-5-14)25(26)27/h4-13H,1-3H3. The fraction of sp³-hybridized carbons (Fsp3) is 0.136. The largest absolute Gasteiger partial charge is 0.493 e. The number of hydrogen-bond donors (Lipinski definition) is 0. The summed E-state index contributed by atoms with van der Waals surface area (Å²) in [4.78, 5) is 15.0. The van der Waals surface area contributed by atoms with E-state index in [1.54, 1.807) is 39.8 Å². The van der Waals surface area contributed by atoms with Crippen LogP contribution in [0, 0.1) is 10.1 Å². The number of hydrogen-bond acceptors (Lipinski definition) is 6. The van der Waals surface area contributed by atoms with Crippen LogP contribution in [0.1, 0.15) is 0 Å². The van der Waals surface area contributed by atoms with Crippen LogP contribution < -0.4 is 14.2 Å². The number of aromatic nitrogens is 2. The maximum absolute atomic E-state index is 10.9. The molecular formula is C22H19N3O5. The molecule has 0 aliphatic heterocycles. The van der Waals surface area contributed by atoms with E-state index in [0.717, 1.165) is 27.8 Å². The minimum atomic E-state index is -0.410. The Kier molecular flexibility index (Phi) is 4.97. The molecule has 0 N–H and O–H groups in total. The number of methoxy groups -OCH3 is 3. The lowest BCUT2D eigenvalue weighted by molar-refractivity contribution is -0.384. The number of nitrogens with zero attached hydrogens (tertiary/aromatic N) is 3. The number of nitro groups is 1. The molecule has 8 heteroatoms. The number of fused-ring (bicyclic) bond motifs is 1. The van der Waals surface area contributed by atoms with Gasteiger partial charge in [0.25, 0.3) is 5.69 Å². The first-order valence-corrected chi connectivity index (χ1v) is 9.08. The monoisotopic (exact) mass is 405 g/mol. The van der Waals surface area contributed by atoms with E-state index < -0.39 is 4.92 Å². The van der Waals surface area contributed by atoms with Crippen molar-refractivity contribution in [2.24, 2.45) is 0 Å². The van der Waals surface area contributed by atoms with Crippen LogP contribution >= 0.6 is 0 Å². The third-order valence-electron chi connectivity index (χ3n) is 4.89. The molecule has 0 aliphatic carbocycles. The highest BCUT2D eigenvalue weighted by molar-refractivity contribution is 5.84. The van der Waals surface area contributed by atoms with Crippen LogP contribution in [0.3, 0.4) is 0 Å². The van der Waals surface area contributed by atoms with Crippen molar-refractivity contribution in [2.75, 3.05) is 21.3 Å². The summed E-state index contributed by atoms with van der Waals surface area (Å²) in [5.74, 6) is 1.60. The van der Waals surface area contributed by atoms with Gasteiger partial charge >= 0.3 is 0 Å². The lowest BCUT2D eigenvalue weighted by Crippen LogP contribution is -1.99. The van der Waals surface area contributed by atoms with Gasteiger partial charge in [-0.25, -0.2) is 4.98 Å². The van der Waals surface area contributed by atoms with Gasteiger partial charge in [-0.05, 0) is 35.4 Å². The third-order valence-corrected chi connectivity index (χ3v) is 4.89. The summed E-state index contributed by atoms with van der Waals surface area (Å²) in [6, 6.07) is 16.0. The van der Waals surface area contributed by atoms with E-state index in [0.29, 0.717) is 17.2 Å². The van der Waals surface area contributed by atoms with Crippen molar-refractivity contribution < 1.29 is 19.1 Å². The number of imidazole rings is 1. The second kappa shape index (κ2) is 7.75. The van der Waals surface area contributed by atoms with E-state index >= 15 is 0 Å². The van der Waals surface area contributed by atoms with Crippen molar-refractivity contribution in [3.63, 3.8) is 0 Å². The molecule has 3 aromatic carbocycles. The smallest absolute Gasteiger partial charge is 0.269 e. The molecule has 0 radical (unpaired) electrons. The fourth-order valence-electron chi connectivity index (χ4n) is 3.37. The molecule has 0 bridgehead atoms. The lowest BCUT2D eigenvalue weighted by Gasteiger charge is -2.15. The highest BCUT2D eigenvalue weighted by Gasteiger charge is 2.16. The summed E-state index contributed by atoms with van der Waals surface area (Å²) < 4.78 is 18.2. The van der Waals surface area contributed by atoms with Crippen molar-refractivity contribution in [3.05, 3.63) is 71.0 Å². The molecule has 0 saturated heterocycles. The van der Waals surface area contributed by atoms with Gasteiger partial charge in [0.1, 0.15) is 6.33 Å². The first-order valence-electron chi connectivity index (χ1n) is 9.08. The minimum Gasteiger partial charge on any atom is -0.493 e. The molecule has 0 fully saturated rings. The third kappa shape index (κ3) is 3.28. The Morgan fingerprint density at radius 3 is 2.07 bits per heavy atom. The van der Waals surface area contributed by atoms with Gasteiger partial charge in [-0.1, -0.05) is 6.07 Å². The Labute approximate surface area is 172 Å². The number of rotatable bonds is 6. The topological polar surface area (TPSA) is 88.7 Å². The summed E-state index contributed by atoms with van der Waals surface area (Å²) in [6.07, 6.45) is 1.73. The molecule has 1 aromatic heterocycles. The SMILES string of the molecule is COc1cc(-n2cnc3ccc(-c4ccc([N+](=O)[O-])cc4)cc32)cc(OC)c1OC. The van der Waals surface area contributed by atoms with Gasteiger partial charge in [-0.2, -0.15) is 0 Å². The normalized spacial score (nSPS) is 10.8. The van der Waals surface area contributed by atoms with Gasteiger partial charge < -0.3 is 14.2 Å². The predicted octanol–water partition coefficient (Wildman–Crippen LogP) is 4.63. The summed E-state index contributed by atoms with van der Waals surface area (Å²) in [5.41, 5.74) is 4.34.